The second-order valence-electron chi connectivity index (χ2n) is 3.58. The third-order valence-electron chi connectivity index (χ3n) is 2.63. The van der Waals surface area contributed by atoms with Gasteiger partial charge in [-0.15, -0.1) is 0 Å². The summed E-state index contributed by atoms with van der Waals surface area (Å²) in [5.41, 5.74) is 6.67. The Morgan fingerprint density at radius 3 is 3.08 bits per heavy atom. The molecule has 4 nitrogen and oxygen atoms in total. The number of nitrogens with zero attached hydrogens (tertiary/aromatic N) is 3. The molecule has 0 bridgehead atoms. The number of aromatic nitrogens is 2. The van der Waals surface area contributed by atoms with Crippen LogP contribution in [0, 0.1) is 0 Å². The van der Waals surface area contributed by atoms with E-state index in [1.807, 2.05) is 10.9 Å². The van der Waals surface area contributed by atoms with Crippen molar-refractivity contribution in [3.8, 4) is 0 Å². The fourth-order valence-corrected chi connectivity index (χ4v) is 1.66. The Bertz CT molecular complexity index is 281. The predicted molar refractivity (Wildman–Crippen MR) is 52.7 cm³/mol. The molecule has 1 atom stereocenters. The van der Waals surface area contributed by atoms with Crippen LogP contribution in [0.2, 0.25) is 0 Å². The molecule has 2 rings (SSSR count). The molecule has 1 fully saturated rings. The molecule has 1 aliphatic heterocycles. The molecular weight excluding hydrogens is 164 g/mol. The average Bonchev–Trinajstić information content (AvgIpc) is 2.51. The second kappa shape index (κ2) is 3.38. The van der Waals surface area contributed by atoms with Crippen molar-refractivity contribution in [3.63, 3.8) is 0 Å². The highest BCUT2D eigenvalue weighted by Crippen LogP contribution is 2.24. The minimum Gasteiger partial charge on any atom is -0.366 e. The first-order valence-electron chi connectivity index (χ1n) is 4.80. The molecule has 0 amide bonds. The molecule has 13 heavy (non-hydrogen) atoms. The van der Waals surface area contributed by atoms with Crippen molar-refractivity contribution in [3.05, 3.63) is 12.4 Å². The van der Waals surface area contributed by atoms with Crippen molar-refractivity contribution < 1.29 is 0 Å². The Morgan fingerprint density at radius 2 is 2.54 bits per heavy atom. The molecule has 2 N–H and O–H groups in total. The molecule has 4 heteroatoms. The number of hydrogen-bond donors (Lipinski definition) is 1. The van der Waals surface area contributed by atoms with E-state index in [4.69, 9.17) is 5.73 Å². The normalized spacial score (nSPS) is 21.7. The van der Waals surface area contributed by atoms with Gasteiger partial charge < -0.3 is 10.6 Å². The van der Waals surface area contributed by atoms with Gasteiger partial charge in [0.15, 0.2) is 0 Å². The third-order valence-corrected chi connectivity index (χ3v) is 2.63. The van der Waals surface area contributed by atoms with Crippen LogP contribution in [0.25, 0.3) is 0 Å². The van der Waals surface area contributed by atoms with Crippen LogP contribution in [-0.2, 0) is 6.54 Å². The molecule has 72 valence electrons. The van der Waals surface area contributed by atoms with Crippen LogP contribution in [0.1, 0.15) is 13.3 Å². The smallest absolute Gasteiger partial charge is 0.0754 e. The van der Waals surface area contributed by atoms with Crippen molar-refractivity contribution in [1.29, 1.82) is 0 Å². The highest BCUT2D eigenvalue weighted by molar-refractivity contribution is 5.46. The summed E-state index contributed by atoms with van der Waals surface area (Å²) in [6.07, 6.45) is 5.29. The minimum absolute atomic E-state index is 0.649. The Balaban J connectivity index is 2.04. The van der Waals surface area contributed by atoms with Crippen molar-refractivity contribution in [2.75, 3.05) is 18.0 Å². The lowest BCUT2D eigenvalue weighted by atomic mass is 10.1. The number of rotatable bonds is 3. The Labute approximate surface area is 78.3 Å². The zero-order valence-corrected chi connectivity index (χ0v) is 7.98. The summed E-state index contributed by atoms with van der Waals surface area (Å²) in [6.45, 7) is 4.86. The van der Waals surface area contributed by atoms with Crippen molar-refractivity contribution in [2.45, 2.75) is 25.9 Å². The molecule has 1 aromatic rings. The van der Waals surface area contributed by atoms with Crippen LogP contribution >= 0.6 is 0 Å². The van der Waals surface area contributed by atoms with Gasteiger partial charge in [-0.1, -0.05) is 0 Å². The van der Waals surface area contributed by atoms with Crippen molar-refractivity contribution >= 4 is 5.69 Å². The lowest BCUT2D eigenvalue weighted by molar-refractivity contribution is 0.481. The molecule has 0 saturated carbocycles. The van der Waals surface area contributed by atoms with Gasteiger partial charge in [0.1, 0.15) is 0 Å². The molecule has 1 aliphatic rings. The molecule has 1 unspecified atom stereocenters. The van der Waals surface area contributed by atoms with E-state index in [2.05, 4.69) is 23.1 Å². The van der Waals surface area contributed by atoms with E-state index in [9.17, 15) is 0 Å². The summed E-state index contributed by atoms with van der Waals surface area (Å²) in [5, 5.41) is 4.24. The molecule has 0 aliphatic carbocycles. The zero-order valence-electron chi connectivity index (χ0n) is 7.98. The number of nitrogens with two attached hydrogens (primary N) is 1. The number of hydrogen-bond acceptors (Lipinski definition) is 3. The Morgan fingerprint density at radius 1 is 1.69 bits per heavy atom. The summed E-state index contributed by atoms with van der Waals surface area (Å²) in [5.74, 6) is 0. The summed E-state index contributed by atoms with van der Waals surface area (Å²) in [7, 11) is 0. The fraction of sp³-hybridized carbons (Fsp3) is 0.667. The molecule has 0 aromatic carbocycles. The maximum Gasteiger partial charge on any atom is 0.0754 e. The molecule has 0 radical (unpaired) electrons. The van der Waals surface area contributed by atoms with E-state index < -0.39 is 0 Å². The summed E-state index contributed by atoms with van der Waals surface area (Å²) in [6, 6.07) is 0.676. The van der Waals surface area contributed by atoms with Crippen molar-refractivity contribution in [2.24, 2.45) is 5.73 Å². The van der Waals surface area contributed by atoms with Crippen LogP contribution in [0.15, 0.2) is 12.4 Å². The lowest BCUT2D eigenvalue weighted by Gasteiger charge is -2.39. The van der Waals surface area contributed by atoms with Gasteiger partial charge >= 0.3 is 0 Å². The monoisotopic (exact) mass is 180 g/mol. The van der Waals surface area contributed by atoms with Gasteiger partial charge in [-0.25, -0.2) is 0 Å². The van der Waals surface area contributed by atoms with Crippen LogP contribution in [-0.4, -0.2) is 28.9 Å². The summed E-state index contributed by atoms with van der Waals surface area (Å²) in [4.78, 5) is 2.36. The maximum atomic E-state index is 5.45. The zero-order chi connectivity index (χ0) is 9.26. The second-order valence-corrected chi connectivity index (χ2v) is 3.58. The molecular formula is C9H16N4. The SMILES string of the molecule is CC1CCN1c1cnn(CCN)c1. The Hall–Kier alpha value is -1.03. The van der Waals surface area contributed by atoms with Crippen LogP contribution in [0.3, 0.4) is 0 Å². The lowest BCUT2D eigenvalue weighted by Crippen LogP contribution is -2.45. The maximum absolute atomic E-state index is 5.45. The minimum atomic E-state index is 0.649. The van der Waals surface area contributed by atoms with Gasteiger partial charge in [-0.05, 0) is 13.3 Å². The van der Waals surface area contributed by atoms with E-state index in [-0.39, 0.29) is 0 Å². The van der Waals surface area contributed by atoms with E-state index in [1.54, 1.807) is 0 Å². The van der Waals surface area contributed by atoms with Gasteiger partial charge in [0.05, 0.1) is 18.4 Å². The first-order chi connectivity index (χ1) is 6.31. The van der Waals surface area contributed by atoms with Crippen molar-refractivity contribution in [1.82, 2.24) is 9.78 Å². The third kappa shape index (κ3) is 1.54. The van der Waals surface area contributed by atoms with Crippen LogP contribution in [0.5, 0.6) is 0 Å². The molecule has 1 aromatic heterocycles. The van der Waals surface area contributed by atoms with E-state index in [1.165, 1.54) is 12.1 Å². The van der Waals surface area contributed by atoms with Gasteiger partial charge in [-0.2, -0.15) is 5.10 Å². The average molecular weight is 180 g/mol. The van der Waals surface area contributed by atoms with Crippen LogP contribution in [0.4, 0.5) is 5.69 Å². The fourth-order valence-electron chi connectivity index (χ4n) is 1.66. The number of anilines is 1. The largest absolute Gasteiger partial charge is 0.366 e. The highest BCUT2D eigenvalue weighted by atomic mass is 15.3. The molecule has 1 saturated heterocycles. The topological polar surface area (TPSA) is 47.1 Å². The first-order valence-corrected chi connectivity index (χ1v) is 4.80. The van der Waals surface area contributed by atoms with Gasteiger partial charge in [-0.3, -0.25) is 4.68 Å². The first kappa shape index (κ1) is 8.56. The predicted octanol–water partition coefficient (Wildman–Crippen LogP) is 0.440. The summed E-state index contributed by atoms with van der Waals surface area (Å²) < 4.78 is 1.90. The van der Waals surface area contributed by atoms with E-state index in [0.29, 0.717) is 12.6 Å². The Kier molecular flexibility index (Phi) is 2.22. The van der Waals surface area contributed by atoms with Gasteiger partial charge in [0.25, 0.3) is 0 Å². The van der Waals surface area contributed by atoms with Gasteiger partial charge in [0.2, 0.25) is 0 Å². The standard InChI is InChI=1S/C9H16N4/c1-8-2-4-13(8)9-6-11-12(7-9)5-3-10/h6-8H,2-5,10H2,1H3. The summed E-state index contributed by atoms with van der Waals surface area (Å²) >= 11 is 0. The highest BCUT2D eigenvalue weighted by Gasteiger charge is 2.24. The molecule has 0 spiro atoms. The molecule has 2 heterocycles. The quantitative estimate of drug-likeness (QED) is 0.734. The van der Waals surface area contributed by atoms with Crippen LogP contribution < -0.4 is 10.6 Å². The van der Waals surface area contributed by atoms with E-state index in [0.717, 1.165) is 13.1 Å². The van der Waals surface area contributed by atoms with E-state index >= 15 is 0 Å². The van der Waals surface area contributed by atoms with Gasteiger partial charge in [0, 0.05) is 25.3 Å².